The van der Waals surface area contributed by atoms with E-state index in [1.54, 1.807) is 0 Å². The van der Waals surface area contributed by atoms with Gasteiger partial charge in [0.2, 0.25) is 5.95 Å². The second-order valence-corrected chi connectivity index (χ2v) is 24.4. The van der Waals surface area contributed by atoms with Crippen LogP contribution in [0.5, 0.6) is 0 Å². The fourth-order valence-corrected chi connectivity index (χ4v) is 14.8. The molecule has 10 heteroatoms. The van der Waals surface area contributed by atoms with Crippen molar-refractivity contribution in [2.24, 2.45) is 0 Å². The summed E-state index contributed by atoms with van der Waals surface area (Å²) in [4.78, 5) is 29.9. The molecular weight excluding hydrogens is 1170 g/mol. The van der Waals surface area contributed by atoms with E-state index in [-0.39, 0.29) is 0 Å². The number of aromatic nitrogens is 9. The first-order valence-corrected chi connectivity index (χ1v) is 32.2. The van der Waals surface area contributed by atoms with Gasteiger partial charge in [0.25, 0.3) is 0 Å². The third-order valence-corrected chi connectivity index (χ3v) is 19.1. The van der Waals surface area contributed by atoms with Crippen LogP contribution >= 0.6 is 11.3 Å². The minimum absolute atomic E-state index is 0.598. The second-order valence-electron chi connectivity index (χ2n) is 23.4. The van der Waals surface area contributed by atoms with Crippen LogP contribution in [0.1, 0.15) is 0 Å². The van der Waals surface area contributed by atoms with Crippen molar-refractivity contribution in [3.05, 3.63) is 322 Å². The lowest BCUT2D eigenvalue weighted by Gasteiger charge is -2.11. The van der Waals surface area contributed by atoms with Gasteiger partial charge in [-0.2, -0.15) is 9.97 Å². The Morgan fingerprint density at radius 2 is 0.638 bits per heavy atom. The molecular formula is C84H53N9S. The molecule has 0 saturated heterocycles. The van der Waals surface area contributed by atoms with Gasteiger partial charge in [0, 0.05) is 91.7 Å². The molecule has 440 valence electrons. The molecule has 0 aliphatic heterocycles. The molecule has 0 atom stereocenters. The van der Waals surface area contributed by atoms with Crippen LogP contribution in [0.25, 0.3) is 171 Å². The number of rotatable bonds is 9. The lowest BCUT2D eigenvalue weighted by Crippen LogP contribution is -2.06. The van der Waals surface area contributed by atoms with Crippen molar-refractivity contribution in [1.29, 1.82) is 0 Å². The highest BCUT2D eigenvalue weighted by atomic mass is 32.1. The minimum atomic E-state index is 0.598. The number of hydrogen-bond donors (Lipinski definition) is 0. The first-order chi connectivity index (χ1) is 46.6. The van der Waals surface area contributed by atoms with Gasteiger partial charge < -0.3 is 9.13 Å². The quantitative estimate of drug-likeness (QED) is 0.143. The van der Waals surface area contributed by atoms with E-state index in [0.29, 0.717) is 35.1 Å². The van der Waals surface area contributed by atoms with Gasteiger partial charge in [-0.05, 0) is 83.9 Å². The summed E-state index contributed by atoms with van der Waals surface area (Å²) in [6.45, 7) is 0. The minimum Gasteiger partial charge on any atom is -0.309 e. The Balaban J connectivity index is 0.000000139. The highest BCUT2D eigenvalue weighted by Crippen LogP contribution is 2.44. The second kappa shape index (κ2) is 22.8. The van der Waals surface area contributed by atoms with E-state index in [2.05, 4.69) is 214 Å². The van der Waals surface area contributed by atoms with Gasteiger partial charge in [-0.3, -0.25) is 4.57 Å². The molecule has 9 nitrogen and oxygen atoms in total. The zero-order chi connectivity index (χ0) is 62.1. The molecule has 0 radical (unpaired) electrons. The van der Waals surface area contributed by atoms with Gasteiger partial charge in [-0.25, -0.2) is 19.9 Å². The molecule has 0 fully saturated rings. The molecule has 13 aromatic carbocycles. The summed E-state index contributed by atoms with van der Waals surface area (Å²) in [6.07, 6.45) is 0. The molecule has 0 aliphatic rings. The predicted molar refractivity (Wildman–Crippen MR) is 388 cm³/mol. The third kappa shape index (κ3) is 9.30. The number of fused-ring (bicyclic) bond motifs is 13. The van der Waals surface area contributed by atoms with Crippen molar-refractivity contribution in [2.45, 2.75) is 0 Å². The molecule has 0 aliphatic carbocycles. The van der Waals surface area contributed by atoms with E-state index in [0.717, 1.165) is 72.0 Å². The van der Waals surface area contributed by atoms with Crippen molar-refractivity contribution in [3.63, 3.8) is 0 Å². The normalized spacial score (nSPS) is 11.6. The molecule has 94 heavy (non-hydrogen) atoms. The number of nitrogens with zero attached hydrogens (tertiary/aromatic N) is 9. The topological polar surface area (TPSA) is 92.1 Å². The lowest BCUT2D eigenvalue weighted by atomic mass is 10.0. The summed E-state index contributed by atoms with van der Waals surface area (Å²) in [7, 11) is 0. The Labute approximate surface area is 544 Å². The first kappa shape index (κ1) is 54.4. The number of thiophene rings is 1. The predicted octanol–water partition coefficient (Wildman–Crippen LogP) is 21.4. The van der Waals surface area contributed by atoms with Crippen molar-refractivity contribution < 1.29 is 0 Å². The zero-order valence-electron chi connectivity index (χ0n) is 50.5. The maximum atomic E-state index is 5.10. The summed E-state index contributed by atoms with van der Waals surface area (Å²) in [5, 5.41) is 9.87. The van der Waals surface area contributed by atoms with Crippen LogP contribution in [0.15, 0.2) is 322 Å². The van der Waals surface area contributed by atoms with Crippen LogP contribution in [-0.2, 0) is 0 Å². The Bertz CT molecular complexity index is 5970. The summed E-state index contributed by atoms with van der Waals surface area (Å²) >= 11 is 1.85. The van der Waals surface area contributed by atoms with E-state index in [9.17, 15) is 0 Å². The fourth-order valence-electron chi connectivity index (χ4n) is 13.6. The van der Waals surface area contributed by atoms with Gasteiger partial charge in [-0.15, -0.1) is 11.3 Å². The van der Waals surface area contributed by atoms with Gasteiger partial charge in [-0.1, -0.05) is 249 Å². The molecule has 19 aromatic rings. The Morgan fingerprint density at radius 3 is 1.21 bits per heavy atom. The Kier molecular flexibility index (Phi) is 13.2. The molecule has 0 unspecified atom stereocenters. The van der Waals surface area contributed by atoms with Gasteiger partial charge >= 0.3 is 0 Å². The van der Waals surface area contributed by atoms with Crippen LogP contribution in [-0.4, -0.2) is 43.6 Å². The number of benzene rings is 13. The van der Waals surface area contributed by atoms with Crippen molar-refractivity contribution in [2.75, 3.05) is 0 Å². The summed E-state index contributed by atoms with van der Waals surface area (Å²) in [6, 6.07) is 112. The number of hydrogen-bond acceptors (Lipinski definition) is 7. The average molecular weight is 1220 g/mol. The molecule has 0 bridgehead atoms. The summed E-state index contributed by atoms with van der Waals surface area (Å²) in [5.74, 6) is 3.83. The molecule has 0 saturated carbocycles. The van der Waals surface area contributed by atoms with Crippen molar-refractivity contribution in [3.8, 4) is 85.4 Å². The summed E-state index contributed by atoms with van der Waals surface area (Å²) < 4.78 is 9.59. The van der Waals surface area contributed by atoms with Crippen LogP contribution in [0.2, 0.25) is 0 Å². The van der Waals surface area contributed by atoms with E-state index in [4.69, 9.17) is 29.9 Å². The van der Waals surface area contributed by atoms with Crippen LogP contribution in [0.3, 0.4) is 0 Å². The summed E-state index contributed by atoms with van der Waals surface area (Å²) in [5.41, 5.74) is 16.2. The molecule has 6 aromatic heterocycles. The van der Waals surface area contributed by atoms with Crippen molar-refractivity contribution in [1.82, 2.24) is 43.6 Å². The van der Waals surface area contributed by atoms with E-state index >= 15 is 0 Å². The van der Waals surface area contributed by atoms with Crippen LogP contribution in [0.4, 0.5) is 0 Å². The first-order valence-electron chi connectivity index (χ1n) is 31.4. The smallest absolute Gasteiger partial charge is 0.238 e. The van der Waals surface area contributed by atoms with Gasteiger partial charge in [0.05, 0.1) is 33.1 Å². The monoisotopic (exact) mass is 1220 g/mol. The maximum absolute atomic E-state index is 5.10. The van der Waals surface area contributed by atoms with Gasteiger partial charge in [0.15, 0.2) is 29.1 Å². The van der Waals surface area contributed by atoms with Gasteiger partial charge in [0.1, 0.15) is 0 Å². The molecule has 6 heterocycles. The standard InChI is InChI=1S/C45H29N5.C39H24N4S/c1-4-14-30(15-5-1)43-46-44(31-16-6-2-7-17-31)48-45(47-43)32-24-26-34(27-25-32)49-39-23-13-11-21-37(39)41-40(49)29-28-36-35-20-10-12-22-38(35)50(42(36)41)33-18-8-3-9-19-33;1-3-12-25(13-4-1)37-40-38(26-14-5-2-6-15-26)42-39(41-37)43-33-20-9-7-16-29(33)30-23-22-27(24-34(30)43)28-18-11-19-32-31-17-8-10-21-35(31)44-36(28)32/h1-29H;1-24H. The van der Waals surface area contributed by atoms with E-state index in [1.165, 1.54) is 63.9 Å². The average Bonchev–Trinajstić information content (AvgIpc) is 1.55. The molecule has 0 amide bonds. The zero-order valence-corrected chi connectivity index (χ0v) is 51.3. The highest BCUT2D eigenvalue weighted by Gasteiger charge is 2.23. The van der Waals surface area contributed by atoms with Crippen LogP contribution in [0, 0.1) is 0 Å². The van der Waals surface area contributed by atoms with E-state index in [1.807, 2.05) is 133 Å². The molecule has 0 spiro atoms. The molecule has 19 rings (SSSR count). The fraction of sp³-hybridized carbons (Fsp3) is 0. The SMILES string of the molecule is c1ccc(-c2nc(-c3ccccc3)nc(-c3ccc(-n4c5ccccc5c5c4ccc4c6ccccc6n(-c6ccccc6)c45)cc3)n2)cc1.c1ccc(-c2nc(-c3ccccc3)nc(-n3c4ccccc4c4ccc(-c5cccc6c5sc5ccccc56)cc43)n2)cc1. The van der Waals surface area contributed by atoms with Crippen molar-refractivity contribution >= 4 is 96.9 Å². The largest absolute Gasteiger partial charge is 0.309 e. The van der Waals surface area contributed by atoms with E-state index < -0.39 is 0 Å². The molecule has 0 N–H and O–H groups in total. The lowest BCUT2D eigenvalue weighted by molar-refractivity contribution is 0.953. The third-order valence-electron chi connectivity index (χ3n) is 17.8. The van der Waals surface area contributed by atoms with Crippen LogP contribution < -0.4 is 0 Å². The number of para-hydroxylation sites is 4. The highest BCUT2D eigenvalue weighted by molar-refractivity contribution is 7.26. The Hall–Kier alpha value is -12.5. The maximum Gasteiger partial charge on any atom is 0.238 e. The Morgan fingerprint density at radius 1 is 0.234 bits per heavy atom.